The summed E-state index contributed by atoms with van der Waals surface area (Å²) in [5.41, 5.74) is -0.432. The molecule has 2 N–H and O–H groups in total. The highest BCUT2D eigenvalue weighted by Gasteiger charge is 2.20. The number of nitrogens with one attached hydrogen (secondary N) is 1. The minimum absolute atomic E-state index is 0.106. The second-order valence-electron chi connectivity index (χ2n) is 5.89. The Morgan fingerprint density at radius 1 is 1.29 bits per heavy atom. The first-order valence-corrected chi connectivity index (χ1v) is 6.52. The molecule has 1 fully saturated rings. The van der Waals surface area contributed by atoms with Crippen molar-refractivity contribution in [2.75, 3.05) is 6.54 Å². The Kier molecular flexibility index (Phi) is 5.25. The quantitative estimate of drug-likeness (QED) is 0.800. The zero-order chi connectivity index (χ0) is 12.9. The Balaban J connectivity index is 2.09. The van der Waals surface area contributed by atoms with Gasteiger partial charge in [-0.25, -0.2) is 4.79 Å². The summed E-state index contributed by atoms with van der Waals surface area (Å²) in [6.07, 6.45) is 4.47. The van der Waals surface area contributed by atoms with Crippen LogP contribution in [0.15, 0.2) is 0 Å². The molecule has 4 nitrogen and oxygen atoms in total. The molecule has 17 heavy (non-hydrogen) atoms. The summed E-state index contributed by atoms with van der Waals surface area (Å²) in [7, 11) is 0. The standard InChI is InChI=1S/C13H25NO3/c1-13(2,3)17-12(16)14-9-8-10-4-6-11(15)7-5-10/h10-11,15H,4-9H2,1-3H3,(H,14,16). The van der Waals surface area contributed by atoms with Gasteiger partial charge in [0.1, 0.15) is 5.60 Å². The van der Waals surface area contributed by atoms with Crippen LogP contribution in [0.3, 0.4) is 0 Å². The molecule has 0 bridgehead atoms. The van der Waals surface area contributed by atoms with Crippen molar-refractivity contribution in [3.05, 3.63) is 0 Å². The molecule has 0 aromatic heterocycles. The van der Waals surface area contributed by atoms with Gasteiger partial charge >= 0.3 is 6.09 Å². The van der Waals surface area contributed by atoms with Crippen LogP contribution in [-0.4, -0.2) is 29.4 Å². The summed E-state index contributed by atoms with van der Waals surface area (Å²) in [4.78, 5) is 11.4. The molecular weight excluding hydrogens is 218 g/mol. The van der Waals surface area contributed by atoms with E-state index < -0.39 is 5.60 Å². The highest BCUT2D eigenvalue weighted by Crippen LogP contribution is 2.26. The summed E-state index contributed by atoms with van der Waals surface area (Å²) < 4.78 is 5.15. The van der Waals surface area contributed by atoms with E-state index in [1.807, 2.05) is 20.8 Å². The first-order chi connectivity index (χ1) is 7.87. The van der Waals surface area contributed by atoms with Crippen LogP contribution < -0.4 is 5.32 Å². The van der Waals surface area contributed by atoms with Gasteiger partial charge in [0, 0.05) is 6.54 Å². The van der Waals surface area contributed by atoms with Gasteiger partial charge in [-0.15, -0.1) is 0 Å². The van der Waals surface area contributed by atoms with Crippen LogP contribution in [0.25, 0.3) is 0 Å². The van der Waals surface area contributed by atoms with E-state index in [-0.39, 0.29) is 12.2 Å². The first kappa shape index (κ1) is 14.3. The molecule has 4 heteroatoms. The van der Waals surface area contributed by atoms with E-state index in [9.17, 15) is 9.90 Å². The fourth-order valence-corrected chi connectivity index (χ4v) is 2.13. The highest BCUT2D eigenvalue weighted by atomic mass is 16.6. The Hall–Kier alpha value is -0.770. The maximum absolute atomic E-state index is 11.4. The molecule has 0 aromatic carbocycles. The topological polar surface area (TPSA) is 58.6 Å². The zero-order valence-electron chi connectivity index (χ0n) is 11.2. The molecule has 0 heterocycles. The molecular formula is C13H25NO3. The van der Waals surface area contributed by atoms with Gasteiger partial charge in [-0.1, -0.05) is 0 Å². The predicted molar refractivity (Wildman–Crippen MR) is 66.8 cm³/mol. The monoisotopic (exact) mass is 243 g/mol. The molecule has 1 rings (SSSR count). The van der Waals surface area contributed by atoms with Crippen LogP contribution in [0.4, 0.5) is 4.79 Å². The molecule has 0 spiro atoms. The Labute approximate surface area is 104 Å². The van der Waals surface area contributed by atoms with Crippen LogP contribution in [0, 0.1) is 5.92 Å². The van der Waals surface area contributed by atoms with E-state index in [2.05, 4.69) is 5.32 Å². The van der Waals surface area contributed by atoms with Crippen molar-refractivity contribution < 1.29 is 14.6 Å². The van der Waals surface area contributed by atoms with Crippen molar-refractivity contribution in [1.82, 2.24) is 5.32 Å². The minimum atomic E-state index is -0.432. The van der Waals surface area contributed by atoms with E-state index in [0.29, 0.717) is 12.5 Å². The number of hydrogen-bond donors (Lipinski definition) is 2. The molecule has 0 unspecified atom stereocenters. The Morgan fingerprint density at radius 2 is 1.88 bits per heavy atom. The number of aliphatic hydroxyl groups excluding tert-OH is 1. The van der Waals surface area contributed by atoms with Gasteiger partial charge in [-0.05, 0) is 58.8 Å². The Morgan fingerprint density at radius 3 is 2.41 bits per heavy atom. The summed E-state index contributed by atoms with van der Waals surface area (Å²) in [6.45, 7) is 6.23. The Bertz CT molecular complexity index is 240. The van der Waals surface area contributed by atoms with Crippen LogP contribution in [0.2, 0.25) is 0 Å². The van der Waals surface area contributed by atoms with Crippen molar-refractivity contribution in [3.8, 4) is 0 Å². The van der Waals surface area contributed by atoms with Crippen LogP contribution in [0.5, 0.6) is 0 Å². The number of hydrogen-bond acceptors (Lipinski definition) is 3. The molecule has 1 saturated carbocycles. The second-order valence-corrected chi connectivity index (χ2v) is 5.89. The lowest BCUT2D eigenvalue weighted by Crippen LogP contribution is -2.34. The predicted octanol–water partition coefficient (Wildman–Crippen LogP) is 2.45. The van der Waals surface area contributed by atoms with Gasteiger partial charge < -0.3 is 15.2 Å². The van der Waals surface area contributed by atoms with Crippen LogP contribution >= 0.6 is 0 Å². The van der Waals surface area contributed by atoms with Crippen LogP contribution in [0.1, 0.15) is 52.9 Å². The number of amides is 1. The van der Waals surface area contributed by atoms with Crippen molar-refractivity contribution in [2.24, 2.45) is 5.92 Å². The molecule has 0 aliphatic heterocycles. The molecule has 100 valence electrons. The molecule has 0 atom stereocenters. The summed E-state index contributed by atoms with van der Waals surface area (Å²) in [6, 6.07) is 0. The van der Waals surface area contributed by atoms with Gasteiger partial charge in [-0.3, -0.25) is 0 Å². The van der Waals surface area contributed by atoms with Gasteiger partial charge in [0.2, 0.25) is 0 Å². The highest BCUT2D eigenvalue weighted by molar-refractivity contribution is 5.67. The second kappa shape index (κ2) is 6.24. The largest absolute Gasteiger partial charge is 0.444 e. The average molecular weight is 243 g/mol. The lowest BCUT2D eigenvalue weighted by atomic mass is 9.85. The number of carbonyl (C=O) groups is 1. The third-order valence-corrected chi connectivity index (χ3v) is 3.04. The lowest BCUT2D eigenvalue weighted by Gasteiger charge is -2.25. The molecule has 1 aliphatic rings. The molecule has 1 amide bonds. The van der Waals surface area contributed by atoms with Gasteiger partial charge in [0.25, 0.3) is 0 Å². The number of rotatable bonds is 3. The van der Waals surface area contributed by atoms with Crippen molar-refractivity contribution >= 4 is 6.09 Å². The maximum atomic E-state index is 11.4. The summed E-state index contributed by atoms with van der Waals surface area (Å²) in [5.74, 6) is 0.633. The number of aliphatic hydroxyl groups is 1. The number of alkyl carbamates (subject to hydrolysis) is 1. The van der Waals surface area contributed by atoms with E-state index in [1.54, 1.807) is 0 Å². The molecule has 1 aliphatic carbocycles. The molecule has 0 saturated heterocycles. The summed E-state index contributed by atoms with van der Waals surface area (Å²) >= 11 is 0. The van der Waals surface area contributed by atoms with Crippen molar-refractivity contribution in [1.29, 1.82) is 0 Å². The van der Waals surface area contributed by atoms with E-state index in [4.69, 9.17) is 4.74 Å². The third kappa shape index (κ3) is 6.51. The van der Waals surface area contributed by atoms with E-state index in [1.165, 1.54) is 0 Å². The third-order valence-electron chi connectivity index (χ3n) is 3.04. The average Bonchev–Trinajstić information content (AvgIpc) is 2.18. The fourth-order valence-electron chi connectivity index (χ4n) is 2.13. The van der Waals surface area contributed by atoms with Crippen LogP contribution in [-0.2, 0) is 4.74 Å². The van der Waals surface area contributed by atoms with Gasteiger partial charge in [0.15, 0.2) is 0 Å². The van der Waals surface area contributed by atoms with Gasteiger partial charge in [0.05, 0.1) is 6.10 Å². The van der Waals surface area contributed by atoms with Gasteiger partial charge in [-0.2, -0.15) is 0 Å². The zero-order valence-corrected chi connectivity index (χ0v) is 11.2. The van der Waals surface area contributed by atoms with E-state index >= 15 is 0 Å². The molecule has 0 radical (unpaired) electrons. The maximum Gasteiger partial charge on any atom is 0.407 e. The first-order valence-electron chi connectivity index (χ1n) is 6.52. The normalized spacial score (nSPS) is 25.4. The smallest absolute Gasteiger partial charge is 0.407 e. The molecule has 0 aromatic rings. The lowest BCUT2D eigenvalue weighted by molar-refractivity contribution is 0.0519. The number of ether oxygens (including phenoxy) is 1. The van der Waals surface area contributed by atoms with E-state index in [0.717, 1.165) is 32.1 Å². The van der Waals surface area contributed by atoms with Crippen molar-refractivity contribution in [2.45, 2.75) is 64.6 Å². The fraction of sp³-hybridized carbons (Fsp3) is 0.923. The minimum Gasteiger partial charge on any atom is -0.444 e. The van der Waals surface area contributed by atoms with Crippen molar-refractivity contribution in [3.63, 3.8) is 0 Å². The SMILES string of the molecule is CC(C)(C)OC(=O)NCCC1CCC(O)CC1. The number of carbonyl (C=O) groups excluding carboxylic acids is 1. The summed E-state index contributed by atoms with van der Waals surface area (Å²) in [5, 5.41) is 12.2.